The van der Waals surface area contributed by atoms with Gasteiger partial charge in [0.2, 0.25) is 0 Å². The topological polar surface area (TPSA) is 74.2 Å². The van der Waals surface area contributed by atoms with E-state index in [1.165, 1.54) is 5.56 Å². The Labute approximate surface area is 93.2 Å². The first-order valence-corrected chi connectivity index (χ1v) is 4.93. The fourth-order valence-electron chi connectivity index (χ4n) is 1.43. The lowest BCUT2D eigenvalue weighted by atomic mass is 10.1. The first-order valence-electron chi connectivity index (χ1n) is 4.93. The van der Waals surface area contributed by atoms with Gasteiger partial charge in [0.25, 0.3) is 5.89 Å². The molecule has 0 aliphatic heterocycles. The van der Waals surface area contributed by atoms with Crippen LogP contribution in [-0.2, 0) is 6.61 Å². The summed E-state index contributed by atoms with van der Waals surface area (Å²) in [6.07, 6.45) is 0. The molecule has 2 rings (SSSR count). The summed E-state index contributed by atoms with van der Waals surface area (Å²) in [5.74, 6) is 1.18. The molecular formula is C11H13N3O2. The zero-order valence-corrected chi connectivity index (χ0v) is 9.23. The third kappa shape index (κ3) is 2.31. The Balaban J connectivity index is 2.04. The van der Waals surface area contributed by atoms with Crippen LogP contribution in [0.2, 0.25) is 0 Å². The van der Waals surface area contributed by atoms with E-state index in [0.717, 1.165) is 11.3 Å². The van der Waals surface area contributed by atoms with Gasteiger partial charge in [-0.25, -0.2) is 0 Å². The second-order valence-corrected chi connectivity index (χ2v) is 3.59. The standard InChI is InChI=1S/C11H13N3O2/c1-7-3-4-9(8(2)5-7)15-6-10-13-14-11(12)16-10/h3-5H,6H2,1-2H3,(H2,12,14). The highest BCUT2D eigenvalue weighted by molar-refractivity contribution is 5.35. The normalized spacial score (nSPS) is 10.4. The molecule has 0 radical (unpaired) electrons. The number of anilines is 1. The fraction of sp³-hybridized carbons (Fsp3) is 0.273. The highest BCUT2D eigenvalue weighted by Gasteiger charge is 2.05. The third-order valence-electron chi connectivity index (χ3n) is 2.16. The molecule has 1 heterocycles. The van der Waals surface area contributed by atoms with Gasteiger partial charge in [-0.1, -0.05) is 22.8 Å². The Hall–Kier alpha value is -2.04. The van der Waals surface area contributed by atoms with Crippen molar-refractivity contribution in [2.75, 3.05) is 5.73 Å². The lowest BCUT2D eigenvalue weighted by molar-refractivity contribution is 0.263. The molecule has 2 aromatic rings. The van der Waals surface area contributed by atoms with E-state index in [0.29, 0.717) is 5.89 Å². The highest BCUT2D eigenvalue weighted by Crippen LogP contribution is 2.19. The van der Waals surface area contributed by atoms with Crippen LogP contribution in [0.4, 0.5) is 6.01 Å². The highest BCUT2D eigenvalue weighted by atomic mass is 16.5. The number of nitrogen functional groups attached to an aromatic ring is 1. The Bertz CT molecular complexity index is 494. The molecule has 2 N–H and O–H groups in total. The summed E-state index contributed by atoms with van der Waals surface area (Å²) < 4.78 is 10.5. The molecule has 84 valence electrons. The molecule has 0 unspecified atom stereocenters. The molecule has 0 fully saturated rings. The number of aromatic nitrogens is 2. The summed E-state index contributed by atoms with van der Waals surface area (Å²) in [7, 11) is 0. The summed E-state index contributed by atoms with van der Waals surface area (Å²) in [5, 5.41) is 7.26. The van der Waals surface area contributed by atoms with E-state index >= 15 is 0 Å². The SMILES string of the molecule is Cc1ccc(OCc2nnc(N)o2)c(C)c1. The third-order valence-corrected chi connectivity index (χ3v) is 2.16. The van der Waals surface area contributed by atoms with Crippen LogP contribution >= 0.6 is 0 Å². The maximum Gasteiger partial charge on any atom is 0.312 e. The van der Waals surface area contributed by atoms with Crippen molar-refractivity contribution in [1.29, 1.82) is 0 Å². The van der Waals surface area contributed by atoms with E-state index in [9.17, 15) is 0 Å². The van der Waals surface area contributed by atoms with Gasteiger partial charge in [-0.2, -0.15) is 0 Å². The predicted octanol–water partition coefficient (Wildman–Crippen LogP) is 1.85. The van der Waals surface area contributed by atoms with Crippen molar-refractivity contribution < 1.29 is 9.15 Å². The van der Waals surface area contributed by atoms with Gasteiger partial charge >= 0.3 is 6.01 Å². The molecule has 0 amide bonds. The second-order valence-electron chi connectivity index (χ2n) is 3.59. The molecule has 0 saturated carbocycles. The first-order chi connectivity index (χ1) is 7.65. The Morgan fingerprint density at radius 1 is 1.31 bits per heavy atom. The van der Waals surface area contributed by atoms with E-state index in [1.54, 1.807) is 0 Å². The molecule has 0 bridgehead atoms. The van der Waals surface area contributed by atoms with Crippen LogP contribution in [0, 0.1) is 13.8 Å². The molecule has 1 aromatic carbocycles. The van der Waals surface area contributed by atoms with Gasteiger partial charge in [-0.05, 0) is 25.5 Å². The van der Waals surface area contributed by atoms with Crippen LogP contribution in [0.5, 0.6) is 5.75 Å². The van der Waals surface area contributed by atoms with Crippen LogP contribution in [0.3, 0.4) is 0 Å². The Morgan fingerprint density at radius 2 is 2.12 bits per heavy atom. The number of hydrogen-bond acceptors (Lipinski definition) is 5. The van der Waals surface area contributed by atoms with Gasteiger partial charge in [0.05, 0.1) is 0 Å². The van der Waals surface area contributed by atoms with Gasteiger partial charge in [-0.15, -0.1) is 5.10 Å². The molecule has 5 heteroatoms. The maximum atomic E-state index is 5.54. The predicted molar refractivity (Wildman–Crippen MR) is 59.0 cm³/mol. The van der Waals surface area contributed by atoms with Gasteiger partial charge < -0.3 is 14.9 Å². The van der Waals surface area contributed by atoms with Crippen molar-refractivity contribution in [3.63, 3.8) is 0 Å². The van der Waals surface area contributed by atoms with Crippen molar-refractivity contribution in [3.8, 4) is 5.75 Å². The lowest BCUT2D eigenvalue weighted by Gasteiger charge is -2.07. The number of ether oxygens (including phenoxy) is 1. The second kappa shape index (κ2) is 4.22. The first kappa shape index (κ1) is 10.5. The average Bonchev–Trinajstić information content (AvgIpc) is 2.63. The number of nitrogens with two attached hydrogens (primary N) is 1. The largest absolute Gasteiger partial charge is 0.484 e. The van der Waals surface area contributed by atoms with E-state index < -0.39 is 0 Å². The van der Waals surface area contributed by atoms with Gasteiger partial charge in [-0.3, -0.25) is 0 Å². The molecule has 1 aromatic heterocycles. The van der Waals surface area contributed by atoms with Gasteiger partial charge in [0, 0.05) is 0 Å². The minimum Gasteiger partial charge on any atom is -0.484 e. The van der Waals surface area contributed by atoms with Crippen LogP contribution in [0.1, 0.15) is 17.0 Å². The minimum atomic E-state index is 0.0548. The van der Waals surface area contributed by atoms with E-state index in [-0.39, 0.29) is 12.6 Å². The summed E-state index contributed by atoms with van der Waals surface area (Å²) in [6, 6.07) is 6.02. The van der Waals surface area contributed by atoms with Crippen molar-refractivity contribution in [3.05, 3.63) is 35.2 Å². The monoisotopic (exact) mass is 219 g/mol. The number of benzene rings is 1. The molecule has 0 aliphatic carbocycles. The summed E-state index contributed by atoms with van der Waals surface area (Å²) in [6.45, 7) is 4.26. The zero-order valence-electron chi connectivity index (χ0n) is 9.23. The number of nitrogens with zero attached hydrogens (tertiary/aromatic N) is 2. The van der Waals surface area contributed by atoms with E-state index in [2.05, 4.69) is 16.3 Å². The summed E-state index contributed by atoms with van der Waals surface area (Å²) in [5.41, 5.74) is 7.58. The van der Waals surface area contributed by atoms with Gasteiger partial charge in [0.15, 0.2) is 6.61 Å². The van der Waals surface area contributed by atoms with Gasteiger partial charge in [0.1, 0.15) is 5.75 Å². The minimum absolute atomic E-state index is 0.0548. The molecule has 0 saturated heterocycles. The van der Waals surface area contributed by atoms with Crippen molar-refractivity contribution in [2.45, 2.75) is 20.5 Å². The molecule has 16 heavy (non-hydrogen) atoms. The number of aryl methyl sites for hydroxylation is 2. The number of hydrogen-bond donors (Lipinski definition) is 1. The fourth-order valence-corrected chi connectivity index (χ4v) is 1.43. The summed E-state index contributed by atoms with van der Waals surface area (Å²) in [4.78, 5) is 0. The Kier molecular flexibility index (Phi) is 2.76. The van der Waals surface area contributed by atoms with E-state index in [4.69, 9.17) is 14.9 Å². The van der Waals surface area contributed by atoms with Crippen molar-refractivity contribution >= 4 is 6.01 Å². The lowest BCUT2D eigenvalue weighted by Crippen LogP contribution is -1.97. The van der Waals surface area contributed by atoms with E-state index in [1.807, 2.05) is 26.0 Å². The zero-order chi connectivity index (χ0) is 11.5. The smallest absolute Gasteiger partial charge is 0.312 e. The number of rotatable bonds is 3. The molecule has 5 nitrogen and oxygen atoms in total. The summed E-state index contributed by atoms with van der Waals surface area (Å²) >= 11 is 0. The maximum absolute atomic E-state index is 5.54. The quantitative estimate of drug-likeness (QED) is 0.852. The molecular weight excluding hydrogens is 206 g/mol. The molecule has 0 aliphatic rings. The van der Waals surface area contributed by atoms with Crippen molar-refractivity contribution in [1.82, 2.24) is 10.2 Å². The molecule has 0 spiro atoms. The van der Waals surface area contributed by atoms with Crippen molar-refractivity contribution in [2.24, 2.45) is 0 Å². The van der Waals surface area contributed by atoms with Crippen LogP contribution in [-0.4, -0.2) is 10.2 Å². The van der Waals surface area contributed by atoms with Crippen LogP contribution in [0.15, 0.2) is 22.6 Å². The van der Waals surface area contributed by atoms with Crippen LogP contribution < -0.4 is 10.5 Å². The Morgan fingerprint density at radius 3 is 2.75 bits per heavy atom. The molecule has 0 atom stereocenters. The average molecular weight is 219 g/mol. The van der Waals surface area contributed by atoms with Crippen LogP contribution in [0.25, 0.3) is 0 Å².